The molecule has 9 heteroatoms. The van der Waals surface area contributed by atoms with Crippen LogP contribution < -0.4 is 5.32 Å². The third-order valence-corrected chi connectivity index (χ3v) is 6.03. The van der Waals surface area contributed by atoms with Crippen molar-refractivity contribution >= 4 is 34.6 Å². The Balaban J connectivity index is 1.87. The van der Waals surface area contributed by atoms with Gasteiger partial charge in [-0.05, 0) is 35.1 Å². The number of aromatic amines is 1. The molecule has 130 valence electrons. The highest BCUT2D eigenvalue weighted by atomic mass is 127. The van der Waals surface area contributed by atoms with Crippen molar-refractivity contribution in [2.24, 2.45) is 0 Å². The normalized spacial score (nSPS) is 22.2. The Bertz CT molecular complexity index is 900. The number of nitrogens with zero attached hydrogens (tertiary/aromatic N) is 2. The maximum absolute atomic E-state index is 14.2. The van der Waals surface area contributed by atoms with Gasteiger partial charge in [-0.25, -0.2) is 9.18 Å². The van der Waals surface area contributed by atoms with E-state index in [-0.39, 0.29) is 5.91 Å². The average Bonchev–Trinajstić information content (AvgIpc) is 3.16. The molecule has 0 bridgehead atoms. The number of amides is 2. The predicted octanol–water partition coefficient (Wildman–Crippen LogP) is 2.19. The topological polar surface area (TPSA) is 98.3 Å². The minimum atomic E-state index is -0.975. The molecule has 1 spiro atoms. The highest BCUT2D eigenvalue weighted by molar-refractivity contribution is 14.1. The molecule has 1 saturated heterocycles. The summed E-state index contributed by atoms with van der Waals surface area (Å²) in [6.45, 7) is 1.06. The molecule has 0 aromatic carbocycles. The van der Waals surface area contributed by atoms with E-state index in [1.54, 1.807) is 6.07 Å². The maximum Gasteiger partial charge on any atom is 0.407 e. The number of likely N-dealkylation sites (tertiary alicyclic amines) is 1. The van der Waals surface area contributed by atoms with Crippen LogP contribution >= 0.6 is 22.6 Å². The van der Waals surface area contributed by atoms with E-state index in [9.17, 15) is 19.1 Å². The molecule has 0 radical (unpaired) electrons. The zero-order valence-corrected chi connectivity index (χ0v) is 15.1. The predicted molar refractivity (Wildman–Crippen MR) is 94.9 cm³/mol. The smallest absolute Gasteiger partial charge is 0.407 e. The summed E-state index contributed by atoms with van der Waals surface area (Å²) >= 11 is 2.03. The first-order valence-electron chi connectivity index (χ1n) is 7.71. The van der Waals surface area contributed by atoms with Gasteiger partial charge in [0.15, 0.2) is 5.82 Å². The Kier molecular flexibility index (Phi) is 3.71. The van der Waals surface area contributed by atoms with Crippen molar-refractivity contribution in [3.8, 4) is 11.3 Å². The van der Waals surface area contributed by atoms with E-state index in [0.29, 0.717) is 52.1 Å². The molecule has 1 atom stereocenters. The molecule has 4 heterocycles. The maximum atomic E-state index is 14.2. The Labute approximate surface area is 155 Å². The van der Waals surface area contributed by atoms with Crippen molar-refractivity contribution < 1.29 is 19.1 Å². The Morgan fingerprint density at radius 2 is 2.28 bits per heavy atom. The fourth-order valence-electron chi connectivity index (χ4n) is 3.66. The number of hydrogen-bond acceptors (Lipinski definition) is 3. The van der Waals surface area contributed by atoms with Gasteiger partial charge in [-0.1, -0.05) is 0 Å². The third kappa shape index (κ3) is 2.40. The molecule has 1 fully saturated rings. The van der Waals surface area contributed by atoms with Crippen LogP contribution in [0.1, 0.15) is 22.5 Å². The van der Waals surface area contributed by atoms with Gasteiger partial charge in [0, 0.05) is 42.5 Å². The number of nitrogens with one attached hydrogen (secondary N) is 2. The summed E-state index contributed by atoms with van der Waals surface area (Å²) in [6, 6.07) is 1.55. The van der Waals surface area contributed by atoms with Gasteiger partial charge in [-0.2, -0.15) is 0 Å². The van der Waals surface area contributed by atoms with Crippen molar-refractivity contribution in [2.75, 3.05) is 19.6 Å². The number of carboxylic acid groups (broad SMARTS) is 1. The van der Waals surface area contributed by atoms with Crippen molar-refractivity contribution in [2.45, 2.75) is 11.8 Å². The van der Waals surface area contributed by atoms with Crippen LogP contribution in [0.3, 0.4) is 0 Å². The van der Waals surface area contributed by atoms with Crippen LogP contribution in [0.4, 0.5) is 9.18 Å². The van der Waals surface area contributed by atoms with Gasteiger partial charge < -0.3 is 20.3 Å². The minimum absolute atomic E-state index is 0.226. The van der Waals surface area contributed by atoms with Crippen LogP contribution in [0.2, 0.25) is 0 Å². The summed E-state index contributed by atoms with van der Waals surface area (Å²) in [5, 5.41) is 12.1. The lowest BCUT2D eigenvalue weighted by molar-refractivity contribution is 0.0923. The second-order valence-corrected chi connectivity index (χ2v) is 7.42. The lowest BCUT2D eigenvalue weighted by atomic mass is 9.79. The van der Waals surface area contributed by atoms with E-state index in [2.05, 4.69) is 15.3 Å². The highest BCUT2D eigenvalue weighted by Gasteiger charge is 2.48. The van der Waals surface area contributed by atoms with Gasteiger partial charge in [-0.3, -0.25) is 9.78 Å². The summed E-state index contributed by atoms with van der Waals surface area (Å²) in [4.78, 5) is 32.1. The summed E-state index contributed by atoms with van der Waals surface area (Å²) < 4.78 is 14.8. The van der Waals surface area contributed by atoms with E-state index in [1.165, 1.54) is 11.1 Å². The van der Waals surface area contributed by atoms with Crippen molar-refractivity contribution in [3.05, 3.63) is 39.1 Å². The number of rotatable bonds is 1. The van der Waals surface area contributed by atoms with E-state index in [1.807, 2.05) is 22.6 Å². The highest BCUT2D eigenvalue weighted by Crippen LogP contribution is 2.42. The van der Waals surface area contributed by atoms with Crippen molar-refractivity contribution in [1.29, 1.82) is 0 Å². The molecule has 2 aliphatic heterocycles. The molecule has 25 heavy (non-hydrogen) atoms. The zero-order chi connectivity index (χ0) is 17.8. The molecule has 0 aliphatic carbocycles. The molecule has 2 aliphatic rings. The minimum Gasteiger partial charge on any atom is -0.465 e. The van der Waals surface area contributed by atoms with E-state index < -0.39 is 17.3 Å². The molecule has 2 amide bonds. The second kappa shape index (κ2) is 5.68. The first-order chi connectivity index (χ1) is 11.9. The third-order valence-electron chi connectivity index (χ3n) is 4.95. The average molecular weight is 456 g/mol. The fraction of sp³-hybridized carbons (Fsp3) is 0.312. The van der Waals surface area contributed by atoms with Gasteiger partial charge in [0.2, 0.25) is 0 Å². The number of H-pyrrole nitrogens is 1. The van der Waals surface area contributed by atoms with E-state index >= 15 is 0 Å². The van der Waals surface area contributed by atoms with Crippen LogP contribution in [0.25, 0.3) is 11.3 Å². The van der Waals surface area contributed by atoms with Gasteiger partial charge >= 0.3 is 6.09 Å². The van der Waals surface area contributed by atoms with Gasteiger partial charge in [-0.15, -0.1) is 0 Å². The SMILES string of the molecule is O=C1NCC2(CCN(C(=O)O)C2)c2[nH]c(-c3ccncc3F)c(I)c21. The fourth-order valence-corrected chi connectivity index (χ4v) is 4.60. The summed E-state index contributed by atoms with van der Waals surface area (Å²) in [6.07, 6.45) is 2.24. The second-order valence-electron chi connectivity index (χ2n) is 6.34. The van der Waals surface area contributed by atoms with E-state index in [4.69, 9.17) is 0 Å². The largest absolute Gasteiger partial charge is 0.465 e. The molecule has 3 N–H and O–H groups in total. The van der Waals surface area contributed by atoms with Crippen LogP contribution in [0.5, 0.6) is 0 Å². The number of aromatic nitrogens is 2. The van der Waals surface area contributed by atoms with Crippen molar-refractivity contribution in [1.82, 2.24) is 20.2 Å². The quantitative estimate of drug-likeness (QED) is 0.574. The number of fused-ring (bicyclic) bond motifs is 2. The molecule has 2 aromatic heterocycles. The lowest BCUT2D eigenvalue weighted by Gasteiger charge is -2.33. The zero-order valence-electron chi connectivity index (χ0n) is 13.0. The van der Waals surface area contributed by atoms with Gasteiger partial charge in [0.25, 0.3) is 5.91 Å². The molecule has 2 aromatic rings. The molecule has 7 nitrogen and oxygen atoms in total. The molecule has 0 saturated carbocycles. The monoisotopic (exact) mass is 456 g/mol. The standard InChI is InChI=1S/C16H14FIN4O3/c17-9-5-19-3-1-8(9)12-11(18)10-13(21-12)16(6-20-14(10)23)2-4-22(7-16)15(24)25/h1,3,5,21H,2,4,6-7H2,(H,20,23)(H,24,25). The summed E-state index contributed by atoms with van der Waals surface area (Å²) in [5.74, 6) is -0.706. The van der Waals surface area contributed by atoms with Crippen LogP contribution in [-0.2, 0) is 5.41 Å². The number of carbonyl (C=O) groups is 2. The first kappa shape index (κ1) is 16.3. The van der Waals surface area contributed by atoms with Crippen LogP contribution in [0, 0.1) is 9.39 Å². The van der Waals surface area contributed by atoms with Crippen LogP contribution in [0.15, 0.2) is 18.5 Å². The summed E-state index contributed by atoms with van der Waals surface area (Å²) in [7, 11) is 0. The lowest BCUT2D eigenvalue weighted by Crippen LogP contribution is -2.49. The molecule has 4 rings (SSSR count). The Morgan fingerprint density at radius 1 is 1.48 bits per heavy atom. The first-order valence-corrected chi connectivity index (χ1v) is 8.79. The Morgan fingerprint density at radius 3 is 2.96 bits per heavy atom. The Hall–Kier alpha value is -2.17. The molecule has 1 unspecified atom stereocenters. The number of carbonyl (C=O) groups excluding carboxylic acids is 1. The summed E-state index contributed by atoms with van der Waals surface area (Å²) in [5.41, 5.74) is 1.52. The number of halogens is 2. The molecular formula is C16H14FIN4O3. The van der Waals surface area contributed by atoms with Crippen LogP contribution in [-0.4, -0.2) is 51.6 Å². The van der Waals surface area contributed by atoms with Gasteiger partial charge in [0.1, 0.15) is 0 Å². The molecular weight excluding hydrogens is 442 g/mol. The van der Waals surface area contributed by atoms with Gasteiger partial charge in [0.05, 0.1) is 21.0 Å². The van der Waals surface area contributed by atoms with E-state index in [0.717, 1.165) is 6.20 Å². The van der Waals surface area contributed by atoms with Crippen molar-refractivity contribution in [3.63, 3.8) is 0 Å². The number of pyridine rings is 1. The number of hydrogen-bond donors (Lipinski definition) is 3.